The molecule has 32 heavy (non-hydrogen) atoms. The summed E-state index contributed by atoms with van der Waals surface area (Å²) in [6, 6.07) is 3.90. The van der Waals surface area contributed by atoms with Crippen LogP contribution in [0.5, 0.6) is 0 Å². The molecule has 2 rings (SSSR count). The average molecular weight is 471 g/mol. The minimum atomic E-state index is -3.18. The van der Waals surface area contributed by atoms with Gasteiger partial charge in [-0.15, -0.1) is 0 Å². The van der Waals surface area contributed by atoms with Gasteiger partial charge in [0.2, 0.25) is 0 Å². The zero-order chi connectivity index (χ0) is 23.9. The summed E-state index contributed by atoms with van der Waals surface area (Å²) in [5.74, 6) is -3.19. The van der Waals surface area contributed by atoms with Crippen LogP contribution in [0.3, 0.4) is 0 Å². The summed E-state index contributed by atoms with van der Waals surface area (Å²) in [7, 11) is -3.18. The first-order chi connectivity index (χ1) is 15.1. The van der Waals surface area contributed by atoms with Crippen molar-refractivity contribution in [1.29, 1.82) is 0 Å². The summed E-state index contributed by atoms with van der Waals surface area (Å²) in [6.07, 6.45) is 1.88. The molecule has 2 atom stereocenters. The standard InChI is InChI=1S/C22H31FN2O6S/c1-4-5-11-25(16-10-12-32(29,30)14-16)19(26)13-31-22(28)20(15(2)3)24-21(27)17-8-6-7-9-18(17)23/h6-9,15-16,20H,4-5,10-14H2,1-3H3,(H,24,27). The Hall–Kier alpha value is -2.49. The van der Waals surface area contributed by atoms with E-state index in [4.69, 9.17) is 4.74 Å². The van der Waals surface area contributed by atoms with E-state index in [0.717, 1.165) is 12.5 Å². The molecule has 1 heterocycles. The molecule has 1 fully saturated rings. The highest BCUT2D eigenvalue weighted by atomic mass is 32.2. The van der Waals surface area contributed by atoms with Crippen molar-refractivity contribution in [3.63, 3.8) is 0 Å². The summed E-state index contributed by atoms with van der Waals surface area (Å²) in [5.41, 5.74) is -0.199. The maximum atomic E-state index is 13.9. The van der Waals surface area contributed by atoms with Gasteiger partial charge in [0, 0.05) is 12.6 Å². The topological polar surface area (TPSA) is 110 Å². The predicted octanol–water partition coefficient (Wildman–Crippen LogP) is 1.94. The van der Waals surface area contributed by atoms with E-state index < -0.39 is 52.1 Å². The average Bonchev–Trinajstić information content (AvgIpc) is 3.09. The van der Waals surface area contributed by atoms with Crippen LogP contribution < -0.4 is 5.32 Å². The molecule has 1 aromatic carbocycles. The largest absolute Gasteiger partial charge is 0.454 e. The van der Waals surface area contributed by atoms with Crippen LogP contribution in [0.2, 0.25) is 0 Å². The van der Waals surface area contributed by atoms with Gasteiger partial charge in [-0.1, -0.05) is 39.3 Å². The fourth-order valence-electron chi connectivity index (χ4n) is 3.53. The molecule has 1 aliphatic rings. The Morgan fingerprint density at radius 2 is 1.94 bits per heavy atom. The molecule has 0 radical (unpaired) electrons. The molecule has 0 aromatic heterocycles. The predicted molar refractivity (Wildman–Crippen MR) is 117 cm³/mol. The summed E-state index contributed by atoms with van der Waals surface area (Å²) in [4.78, 5) is 39.2. The van der Waals surface area contributed by atoms with Gasteiger partial charge in [0.1, 0.15) is 11.9 Å². The lowest BCUT2D eigenvalue weighted by Crippen LogP contribution is -2.48. The van der Waals surface area contributed by atoms with Gasteiger partial charge in [0.15, 0.2) is 16.4 Å². The van der Waals surface area contributed by atoms with Gasteiger partial charge in [-0.2, -0.15) is 0 Å². The fourth-order valence-corrected chi connectivity index (χ4v) is 5.26. The Kier molecular flexibility index (Phi) is 9.18. The van der Waals surface area contributed by atoms with E-state index in [1.54, 1.807) is 13.8 Å². The molecule has 2 unspecified atom stereocenters. The third-order valence-electron chi connectivity index (χ3n) is 5.39. The lowest BCUT2D eigenvalue weighted by Gasteiger charge is -2.28. The van der Waals surface area contributed by atoms with Crippen LogP contribution in [0.1, 0.15) is 50.4 Å². The second-order valence-corrected chi connectivity index (χ2v) is 10.5. The SMILES string of the molecule is CCCCN(C(=O)COC(=O)C(NC(=O)c1ccccc1F)C(C)C)C1CCS(=O)(=O)C1. The van der Waals surface area contributed by atoms with Gasteiger partial charge in [-0.25, -0.2) is 17.6 Å². The van der Waals surface area contributed by atoms with E-state index in [1.807, 2.05) is 6.92 Å². The van der Waals surface area contributed by atoms with Crippen molar-refractivity contribution in [2.45, 2.75) is 52.1 Å². The van der Waals surface area contributed by atoms with Crippen molar-refractivity contribution in [2.75, 3.05) is 24.7 Å². The van der Waals surface area contributed by atoms with Crippen molar-refractivity contribution in [1.82, 2.24) is 10.2 Å². The van der Waals surface area contributed by atoms with Crippen molar-refractivity contribution in [3.05, 3.63) is 35.6 Å². The number of unbranched alkanes of at least 4 members (excludes halogenated alkanes) is 1. The molecule has 0 bridgehead atoms. The van der Waals surface area contributed by atoms with Crippen LogP contribution in [0.4, 0.5) is 4.39 Å². The number of carbonyl (C=O) groups is 3. The Balaban J connectivity index is 2.02. The Bertz CT molecular complexity index is 934. The molecule has 0 saturated carbocycles. The summed E-state index contributed by atoms with van der Waals surface area (Å²) in [5, 5.41) is 2.47. The van der Waals surface area contributed by atoms with Gasteiger partial charge in [-0.3, -0.25) is 9.59 Å². The number of hydrogen-bond donors (Lipinski definition) is 1. The molecule has 2 amide bonds. The van der Waals surface area contributed by atoms with Crippen LogP contribution in [-0.4, -0.2) is 67.8 Å². The van der Waals surface area contributed by atoms with Gasteiger partial charge < -0.3 is 15.0 Å². The molecule has 8 nitrogen and oxygen atoms in total. The van der Waals surface area contributed by atoms with E-state index in [0.29, 0.717) is 19.4 Å². The van der Waals surface area contributed by atoms with Gasteiger partial charge in [0.25, 0.3) is 11.8 Å². The molecular weight excluding hydrogens is 439 g/mol. The Labute approximate surface area is 188 Å². The normalized spacial score (nSPS) is 18.2. The highest BCUT2D eigenvalue weighted by molar-refractivity contribution is 7.91. The lowest BCUT2D eigenvalue weighted by molar-refractivity contribution is -0.155. The number of rotatable bonds is 10. The minimum Gasteiger partial charge on any atom is -0.454 e. The van der Waals surface area contributed by atoms with Gasteiger partial charge in [-0.05, 0) is 30.9 Å². The molecule has 10 heteroatoms. The van der Waals surface area contributed by atoms with Crippen molar-refractivity contribution >= 4 is 27.6 Å². The summed E-state index contributed by atoms with van der Waals surface area (Å²) >= 11 is 0. The lowest BCUT2D eigenvalue weighted by atomic mass is 10.0. The van der Waals surface area contributed by atoms with E-state index in [-0.39, 0.29) is 23.0 Å². The van der Waals surface area contributed by atoms with E-state index in [1.165, 1.54) is 23.1 Å². The third kappa shape index (κ3) is 7.01. The number of hydrogen-bond acceptors (Lipinski definition) is 6. The van der Waals surface area contributed by atoms with Crippen molar-refractivity contribution in [2.24, 2.45) is 5.92 Å². The first-order valence-corrected chi connectivity index (χ1v) is 12.6. The zero-order valence-corrected chi connectivity index (χ0v) is 19.5. The quantitative estimate of drug-likeness (QED) is 0.524. The summed E-state index contributed by atoms with van der Waals surface area (Å²) < 4.78 is 42.7. The first kappa shape index (κ1) is 25.8. The van der Waals surface area contributed by atoms with Crippen LogP contribution in [0.25, 0.3) is 0 Å². The molecule has 1 saturated heterocycles. The molecule has 178 valence electrons. The Morgan fingerprint density at radius 1 is 1.25 bits per heavy atom. The van der Waals surface area contributed by atoms with E-state index >= 15 is 0 Å². The number of amides is 2. The van der Waals surface area contributed by atoms with Gasteiger partial charge >= 0.3 is 5.97 Å². The molecule has 1 aliphatic heterocycles. The highest BCUT2D eigenvalue weighted by Crippen LogP contribution is 2.19. The molecular formula is C22H31FN2O6S. The number of carbonyl (C=O) groups excluding carboxylic acids is 3. The molecule has 1 N–H and O–H groups in total. The fraction of sp³-hybridized carbons (Fsp3) is 0.591. The second-order valence-electron chi connectivity index (χ2n) is 8.28. The number of esters is 1. The smallest absolute Gasteiger partial charge is 0.329 e. The molecule has 0 aliphatic carbocycles. The first-order valence-electron chi connectivity index (χ1n) is 10.8. The van der Waals surface area contributed by atoms with Crippen LogP contribution in [0.15, 0.2) is 24.3 Å². The molecule has 0 spiro atoms. The maximum absolute atomic E-state index is 13.9. The number of nitrogens with one attached hydrogen (secondary N) is 1. The minimum absolute atomic E-state index is 0.0326. The zero-order valence-electron chi connectivity index (χ0n) is 18.7. The van der Waals surface area contributed by atoms with Crippen molar-refractivity contribution in [3.8, 4) is 0 Å². The van der Waals surface area contributed by atoms with E-state index in [2.05, 4.69) is 5.32 Å². The summed E-state index contributed by atoms with van der Waals surface area (Å²) in [6.45, 7) is 5.15. The van der Waals surface area contributed by atoms with Crippen LogP contribution in [-0.2, 0) is 24.2 Å². The number of halogens is 1. The highest BCUT2D eigenvalue weighted by Gasteiger charge is 2.35. The van der Waals surface area contributed by atoms with Crippen LogP contribution in [0, 0.1) is 11.7 Å². The number of benzene rings is 1. The number of nitrogens with zero attached hydrogens (tertiary/aromatic N) is 1. The number of ether oxygens (including phenoxy) is 1. The Morgan fingerprint density at radius 3 is 2.50 bits per heavy atom. The van der Waals surface area contributed by atoms with Crippen LogP contribution >= 0.6 is 0 Å². The van der Waals surface area contributed by atoms with Gasteiger partial charge in [0.05, 0.1) is 17.1 Å². The third-order valence-corrected chi connectivity index (χ3v) is 7.14. The van der Waals surface area contributed by atoms with Crippen molar-refractivity contribution < 1.29 is 31.9 Å². The second kappa shape index (κ2) is 11.4. The molecule has 1 aromatic rings. The number of sulfone groups is 1. The van der Waals surface area contributed by atoms with E-state index in [9.17, 15) is 27.2 Å². The monoisotopic (exact) mass is 470 g/mol. The maximum Gasteiger partial charge on any atom is 0.329 e.